The van der Waals surface area contributed by atoms with E-state index in [4.69, 9.17) is 42.2 Å². The second-order valence-electron chi connectivity index (χ2n) is 26.4. The molecule has 0 aromatic carbocycles. The average Bonchev–Trinajstić information content (AvgIpc) is 0.764. The van der Waals surface area contributed by atoms with Crippen molar-refractivity contribution in [3.63, 3.8) is 0 Å². The lowest BCUT2D eigenvalue weighted by molar-refractivity contribution is -0.360. The first-order valence-electron chi connectivity index (χ1n) is 37.0. The zero-order valence-corrected chi connectivity index (χ0v) is 59.5. The second-order valence-corrected chi connectivity index (χ2v) is 27.8. The Labute approximate surface area is 578 Å². The highest BCUT2D eigenvalue weighted by atomic mass is 31.2. The molecule has 3 aliphatic rings. The summed E-state index contributed by atoms with van der Waals surface area (Å²) in [6.07, 6.45) is 16.9. The molecule has 18 unspecified atom stereocenters. The van der Waals surface area contributed by atoms with Gasteiger partial charge in [0.05, 0.1) is 13.2 Å². The summed E-state index contributed by atoms with van der Waals surface area (Å²) < 4.78 is 64.7. The maximum Gasteiger partial charge on any atom is 0.472 e. The van der Waals surface area contributed by atoms with Crippen LogP contribution in [-0.2, 0) is 61.2 Å². The van der Waals surface area contributed by atoms with Gasteiger partial charge in [0, 0.05) is 18.9 Å². The fourth-order valence-corrected chi connectivity index (χ4v) is 12.8. The molecule has 24 nitrogen and oxygen atoms in total. The minimum Gasteiger partial charge on any atom is -0.463 e. The van der Waals surface area contributed by atoms with Crippen LogP contribution < -0.4 is 0 Å². The molecular formula is C72H127O24P. The second kappa shape index (κ2) is 53.7. The molecule has 3 rings (SSSR count). The van der Waals surface area contributed by atoms with Crippen molar-refractivity contribution < 1.29 is 117 Å². The Morgan fingerprint density at radius 3 is 1.23 bits per heavy atom. The molecule has 2 saturated heterocycles. The highest BCUT2D eigenvalue weighted by molar-refractivity contribution is 7.47. The van der Waals surface area contributed by atoms with E-state index in [1.54, 1.807) is 6.08 Å². The lowest BCUT2D eigenvalue weighted by Crippen LogP contribution is -2.69. The van der Waals surface area contributed by atoms with Gasteiger partial charge in [0.15, 0.2) is 18.7 Å². The molecular weight excluding hydrogens is 1280 g/mol. The molecule has 0 bridgehead atoms. The van der Waals surface area contributed by atoms with Crippen LogP contribution in [0.3, 0.4) is 0 Å². The third-order valence-electron chi connectivity index (χ3n) is 17.9. The summed E-state index contributed by atoms with van der Waals surface area (Å²) in [6.45, 7) is 3.28. The van der Waals surface area contributed by atoms with Crippen molar-refractivity contribution in [1.82, 2.24) is 0 Å². The zero-order valence-electron chi connectivity index (χ0n) is 58.6. The summed E-state index contributed by atoms with van der Waals surface area (Å²) in [5, 5.41) is 110. The molecule has 564 valence electrons. The maximum atomic E-state index is 14.3. The molecule has 25 heteroatoms. The number of allylic oxidation sites excluding steroid dienone is 7. The van der Waals surface area contributed by atoms with Gasteiger partial charge >= 0.3 is 25.7 Å². The first-order valence-corrected chi connectivity index (χ1v) is 38.5. The number of ether oxygens (including phenoxy) is 7. The number of unbranched alkanes of at least 4 members (excludes halogenated alkanes) is 30. The molecule has 1 saturated carbocycles. The minimum atomic E-state index is -5.73. The molecule has 18 atom stereocenters. The lowest BCUT2D eigenvalue weighted by Gasteiger charge is -2.49. The van der Waals surface area contributed by atoms with Crippen LogP contribution in [0.2, 0.25) is 0 Å². The number of rotatable bonds is 56. The first kappa shape index (κ1) is 88.1. The zero-order chi connectivity index (χ0) is 71.1. The molecule has 2 aliphatic heterocycles. The Morgan fingerprint density at radius 1 is 0.423 bits per heavy atom. The van der Waals surface area contributed by atoms with E-state index in [9.17, 15) is 74.9 Å². The van der Waals surface area contributed by atoms with Gasteiger partial charge in [0.1, 0.15) is 98.7 Å². The molecule has 11 N–H and O–H groups in total. The standard InChI is InChI=1S/C72H127O24P/c1-4-7-10-13-16-19-22-25-27-30-33-36-39-42-45-48-58(76)91-53(50-88-56(74)46-43-40-37-34-32-29-26-23-20-17-14-11-8-5-2)51-90-97(86,87)96-70-68(94-71-66(84)61(79)59(77)54(49-73)92-71)64(82)63(81)65(83)69(70)95-72-67(85)62(80)60(78)55(93-72)52-89-57(75)47-44-41-38-35-31-28-24-21-18-15-12-9-6-3/h28-29,31-32,39,42,45,48,53-55,59-73,77-85H,4-27,30,33-38,40-41,43-44,46-47,49-52H2,1-3H3,(H,86,87)/b31-28-,32-29-,42-39+,48-45+. The molecule has 0 aromatic rings. The van der Waals surface area contributed by atoms with E-state index in [2.05, 4.69) is 45.1 Å². The van der Waals surface area contributed by atoms with Crippen molar-refractivity contribution in [2.75, 3.05) is 26.4 Å². The van der Waals surface area contributed by atoms with Crippen LogP contribution >= 0.6 is 7.82 Å². The van der Waals surface area contributed by atoms with E-state index in [1.807, 2.05) is 6.08 Å². The van der Waals surface area contributed by atoms with Crippen LogP contribution in [0, 0.1) is 0 Å². The Hall–Kier alpha value is -3.08. The number of carbonyl (C=O) groups is 3. The monoisotopic (exact) mass is 1410 g/mol. The number of esters is 3. The normalized spacial score (nSPS) is 28.1. The fraction of sp³-hybridized carbons (Fsp3) is 0.847. The number of aliphatic hydroxyl groups excluding tert-OH is 10. The van der Waals surface area contributed by atoms with Gasteiger partial charge in [0.2, 0.25) is 0 Å². The number of aliphatic hydroxyl groups is 10. The van der Waals surface area contributed by atoms with E-state index >= 15 is 0 Å². The van der Waals surface area contributed by atoms with Gasteiger partial charge in [-0.2, -0.15) is 0 Å². The maximum absolute atomic E-state index is 14.3. The Balaban J connectivity index is 1.77. The van der Waals surface area contributed by atoms with Gasteiger partial charge in [-0.15, -0.1) is 0 Å². The molecule has 97 heavy (non-hydrogen) atoms. The van der Waals surface area contributed by atoms with E-state index in [0.717, 1.165) is 96.0 Å². The van der Waals surface area contributed by atoms with Crippen molar-refractivity contribution in [3.8, 4) is 0 Å². The summed E-state index contributed by atoms with van der Waals surface area (Å²) in [7, 11) is -5.73. The predicted octanol–water partition coefficient (Wildman–Crippen LogP) is 9.68. The molecule has 0 radical (unpaired) electrons. The summed E-state index contributed by atoms with van der Waals surface area (Å²) >= 11 is 0. The van der Waals surface area contributed by atoms with Crippen LogP contribution in [0.15, 0.2) is 48.6 Å². The number of hydrogen-bond donors (Lipinski definition) is 11. The van der Waals surface area contributed by atoms with E-state index in [0.29, 0.717) is 12.8 Å². The van der Waals surface area contributed by atoms with Crippen molar-refractivity contribution in [3.05, 3.63) is 48.6 Å². The molecule has 0 spiro atoms. The third-order valence-corrected chi connectivity index (χ3v) is 18.9. The molecule has 2 heterocycles. The Kier molecular flexibility index (Phi) is 48.8. The molecule has 1 aliphatic carbocycles. The average molecular weight is 1410 g/mol. The highest BCUT2D eigenvalue weighted by Crippen LogP contribution is 2.49. The van der Waals surface area contributed by atoms with Crippen molar-refractivity contribution >= 4 is 25.7 Å². The third kappa shape index (κ3) is 37.1. The van der Waals surface area contributed by atoms with Crippen molar-refractivity contribution in [1.29, 1.82) is 0 Å². The van der Waals surface area contributed by atoms with Crippen LogP contribution in [0.1, 0.15) is 258 Å². The predicted molar refractivity (Wildman–Crippen MR) is 365 cm³/mol. The molecule has 0 amide bonds. The van der Waals surface area contributed by atoms with E-state index in [-0.39, 0.29) is 12.8 Å². The highest BCUT2D eigenvalue weighted by Gasteiger charge is 2.58. The quantitative estimate of drug-likeness (QED) is 0.00513. The number of hydrogen-bond acceptors (Lipinski definition) is 23. The SMILES string of the molecule is CCCCCCCC/C=C\CCCCCC(=O)OCC1OC(OC2C(O)C(O)C(O)C(OC3OC(CO)C(O)C(O)C3O)C2OP(=O)(O)OCC(COC(=O)CCCCC/C=C\CCCCCCCCC)OC(=O)/C=C/C=C/CCCCCCCCCCCCC)C(O)C(O)C1O. The first-order chi connectivity index (χ1) is 46.8. The minimum absolute atomic E-state index is 0.00242. The summed E-state index contributed by atoms with van der Waals surface area (Å²) in [4.78, 5) is 50.8. The topological polar surface area (TPSA) is 374 Å². The number of carbonyl (C=O) groups excluding carboxylic acids is 3. The van der Waals surface area contributed by atoms with Crippen molar-refractivity contribution in [2.45, 2.75) is 362 Å². The summed E-state index contributed by atoms with van der Waals surface area (Å²) in [5.41, 5.74) is 0. The van der Waals surface area contributed by atoms with Gasteiger partial charge < -0.3 is 89.1 Å². The number of phosphoric ester groups is 1. The van der Waals surface area contributed by atoms with Gasteiger partial charge in [0.25, 0.3) is 0 Å². The largest absolute Gasteiger partial charge is 0.472 e. The smallest absolute Gasteiger partial charge is 0.463 e. The van der Waals surface area contributed by atoms with E-state index < -0.39 is 156 Å². The van der Waals surface area contributed by atoms with Gasteiger partial charge in [-0.05, 0) is 77.0 Å². The van der Waals surface area contributed by atoms with E-state index in [1.165, 1.54) is 128 Å². The Morgan fingerprint density at radius 2 is 0.794 bits per heavy atom. The Bertz CT molecular complexity index is 2200. The fourth-order valence-electron chi connectivity index (χ4n) is 11.8. The van der Waals surface area contributed by atoms with Gasteiger partial charge in [-0.1, -0.05) is 211 Å². The van der Waals surface area contributed by atoms with Crippen LogP contribution in [-0.4, -0.2) is 204 Å². The number of phosphoric acid groups is 1. The summed E-state index contributed by atoms with van der Waals surface area (Å²) in [6, 6.07) is 0. The van der Waals surface area contributed by atoms with Crippen LogP contribution in [0.25, 0.3) is 0 Å². The lowest BCUT2D eigenvalue weighted by atomic mass is 9.84. The van der Waals surface area contributed by atoms with Crippen LogP contribution in [0.5, 0.6) is 0 Å². The van der Waals surface area contributed by atoms with Crippen molar-refractivity contribution in [2.24, 2.45) is 0 Å². The summed E-state index contributed by atoms with van der Waals surface area (Å²) in [5.74, 6) is -2.29. The molecule has 3 fully saturated rings. The van der Waals surface area contributed by atoms with Crippen LogP contribution in [0.4, 0.5) is 0 Å². The van der Waals surface area contributed by atoms with Gasteiger partial charge in [-0.25, -0.2) is 9.36 Å². The molecule has 0 aromatic heterocycles. The van der Waals surface area contributed by atoms with Gasteiger partial charge in [-0.3, -0.25) is 18.6 Å².